The fraction of sp³-hybridized carbons (Fsp3) is 0.278. The molecule has 2 aromatic carbocycles. The van der Waals surface area contributed by atoms with Crippen molar-refractivity contribution in [1.29, 1.82) is 0 Å². The first kappa shape index (κ1) is 19.6. The molecule has 0 aromatic heterocycles. The van der Waals surface area contributed by atoms with Crippen molar-refractivity contribution in [3.8, 4) is 11.5 Å². The van der Waals surface area contributed by atoms with Gasteiger partial charge in [0.15, 0.2) is 9.84 Å². The number of nitrogens with one attached hydrogen (secondary N) is 1. The molecule has 8 heteroatoms. The van der Waals surface area contributed by atoms with Crippen LogP contribution in [0.1, 0.15) is 6.92 Å². The lowest BCUT2D eigenvalue weighted by molar-refractivity contribution is -0.118. The Balaban J connectivity index is 2.10. The van der Waals surface area contributed by atoms with Crippen molar-refractivity contribution >= 4 is 27.1 Å². The number of amides is 1. The zero-order valence-electron chi connectivity index (χ0n) is 14.9. The minimum Gasteiger partial charge on any atom is -0.497 e. The number of ether oxygens (including phenoxy) is 2. The standard InChI is InChI=1S/C18H22N2O5S/c1-12(11-26(22,23)15-7-4-13(24-2)5-8-15)18(21)20-17-10-14(25-3)6-9-16(17)19/h4-10,12H,11,19H2,1-3H3,(H,20,21). The lowest BCUT2D eigenvalue weighted by Gasteiger charge is -2.15. The molecule has 0 saturated heterocycles. The van der Waals surface area contributed by atoms with E-state index in [4.69, 9.17) is 15.2 Å². The third kappa shape index (κ3) is 4.66. The van der Waals surface area contributed by atoms with Crippen molar-refractivity contribution in [1.82, 2.24) is 0 Å². The van der Waals surface area contributed by atoms with Gasteiger partial charge in [0.2, 0.25) is 5.91 Å². The highest BCUT2D eigenvalue weighted by molar-refractivity contribution is 7.91. The van der Waals surface area contributed by atoms with Gasteiger partial charge in [-0.25, -0.2) is 8.42 Å². The molecule has 0 saturated carbocycles. The van der Waals surface area contributed by atoms with Crippen molar-refractivity contribution in [3.05, 3.63) is 42.5 Å². The number of hydrogen-bond donors (Lipinski definition) is 2. The highest BCUT2D eigenvalue weighted by Crippen LogP contribution is 2.25. The molecule has 0 heterocycles. The molecular formula is C18H22N2O5S. The first-order chi connectivity index (χ1) is 12.3. The van der Waals surface area contributed by atoms with Crippen LogP contribution >= 0.6 is 0 Å². The molecule has 0 radical (unpaired) electrons. The van der Waals surface area contributed by atoms with E-state index in [1.165, 1.54) is 26.4 Å². The normalized spacial score (nSPS) is 12.3. The summed E-state index contributed by atoms with van der Waals surface area (Å²) in [5.41, 5.74) is 6.58. The first-order valence-corrected chi connectivity index (χ1v) is 9.53. The predicted molar refractivity (Wildman–Crippen MR) is 100 cm³/mol. The Hall–Kier alpha value is -2.74. The maximum atomic E-state index is 12.5. The minimum atomic E-state index is -3.62. The van der Waals surface area contributed by atoms with E-state index in [0.717, 1.165) is 0 Å². The highest BCUT2D eigenvalue weighted by Gasteiger charge is 2.24. The third-order valence-corrected chi connectivity index (χ3v) is 5.78. The molecule has 0 aliphatic carbocycles. The number of benzene rings is 2. The quantitative estimate of drug-likeness (QED) is 0.716. The Bertz CT molecular complexity index is 879. The Morgan fingerprint density at radius 1 is 1.08 bits per heavy atom. The van der Waals surface area contributed by atoms with Gasteiger partial charge in [0.25, 0.3) is 0 Å². The van der Waals surface area contributed by atoms with Gasteiger partial charge in [0.1, 0.15) is 11.5 Å². The fourth-order valence-corrected chi connectivity index (χ4v) is 3.86. The summed E-state index contributed by atoms with van der Waals surface area (Å²) in [5, 5.41) is 2.65. The molecule has 2 aromatic rings. The van der Waals surface area contributed by atoms with Crippen molar-refractivity contribution in [2.75, 3.05) is 31.0 Å². The van der Waals surface area contributed by atoms with Gasteiger partial charge < -0.3 is 20.5 Å². The molecule has 0 spiro atoms. The van der Waals surface area contributed by atoms with Crippen molar-refractivity contribution < 1.29 is 22.7 Å². The van der Waals surface area contributed by atoms with Crippen LogP contribution in [0.15, 0.2) is 47.4 Å². The monoisotopic (exact) mass is 378 g/mol. The Kier molecular flexibility index (Phi) is 6.10. The van der Waals surface area contributed by atoms with E-state index in [1.807, 2.05) is 0 Å². The maximum absolute atomic E-state index is 12.5. The minimum absolute atomic E-state index is 0.138. The summed E-state index contributed by atoms with van der Waals surface area (Å²) in [7, 11) is -0.616. The number of nitrogen functional groups attached to an aromatic ring is 1. The van der Waals surface area contributed by atoms with Crippen LogP contribution in [-0.2, 0) is 14.6 Å². The van der Waals surface area contributed by atoms with Gasteiger partial charge in [-0.1, -0.05) is 6.92 Å². The Morgan fingerprint density at radius 3 is 2.23 bits per heavy atom. The fourth-order valence-electron chi connectivity index (χ4n) is 2.31. The topological polar surface area (TPSA) is 108 Å². The highest BCUT2D eigenvalue weighted by atomic mass is 32.2. The Labute approximate surface area is 153 Å². The second-order valence-corrected chi connectivity index (χ2v) is 7.83. The summed E-state index contributed by atoms with van der Waals surface area (Å²) in [6.45, 7) is 1.55. The molecule has 3 N–H and O–H groups in total. The predicted octanol–water partition coefficient (Wildman–Crippen LogP) is 2.33. The van der Waals surface area contributed by atoms with Crippen molar-refractivity contribution in [2.45, 2.75) is 11.8 Å². The molecule has 2 rings (SSSR count). The zero-order valence-corrected chi connectivity index (χ0v) is 15.7. The van der Waals surface area contributed by atoms with E-state index in [-0.39, 0.29) is 10.6 Å². The molecule has 1 amide bonds. The van der Waals surface area contributed by atoms with E-state index in [9.17, 15) is 13.2 Å². The van der Waals surface area contributed by atoms with Crippen molar-refractivity contribution in [2.24, 2.45) is 5.92 Å². The van der Waals surface area contributed by atoms with Gasteiger partial charge >= 0.3 is 0 Å². The summed E-state index contributed by atoms with van der Waals surface area (Å²) in [6, 6.07) is 10.9. The number of sulfone groups is 1. The van der Waals surface area contributed by atoms with E-state index in [1.54, 1.807) is 37.3 Å². The van der Waals surface area contributed by atoms with Crippen LogP contribution in [0.3, 0.4) is 0 Å². The van der Waals surface area contributed by atoms with Crippen LogP contribution in [0.2, 0.25) is 0 Å². The van der Waals surface area contributed by atoms with Gasteiger partial charge in [-0.2, -0.15) is 0 Å². The molecule has 0 aliphatic rings. The summed E-state index contributed by atoms with van der Waals surface area (Å²) >= 11 is 0. The van der Waals surface area contributed by atoms with Gasteiger partial charge in [-0.05, 0) is 36.4 Å². The average molecular weight is 378 g/mol. The van der Waals surface area contributed by atoms with Crippen LogP contribution < -0.4 is 20.5 Å². The largest absolute Gasteiger partial charge is 0.497 e. The number of anilines is 2. The van der Waals surface area contributed by atoms with Gasteiger partial charge in [-0.15, -0.1) is 0 Å². The summed E-state index contributed by atoms with van der Waals surface area (Å²) in [6.07, 6.45) is 0. The second kappa shape index (κ2) is 8.09. The van der Waals surface area contributed by atoms with Crippen LogP contribution in [0.4, 0.5) is 11.4 Å². The van der Waals surface area contributed by atoms with Gasteiger partial charge in [-0.3, -0.25) is 4.79 Å². The smallest absolute Gasteiger partial charge is 0.228 e. The van der Waals surface area contributed by atoms with Crippen LogP contribution in [0.5, 0.6) is 11.5 Å². The van der Waals surface area contributed by atoms with E-state index in [0.29, 0.717) is 22.9 Å². The number of carbonyl (C=O) groups is 1. The van der Waals surface area contributed by atoms with Crippen LogP contribution in [0.25, 0.3) is 0 Å². The van der Waals surface area contributed by atoms with Gasteiger partial charge in [0.05, 0.1) is 36.2 Å². The molecule has 0 aliphatic heterocycles. The molecule has 140 valence electrons. The lowest BCUT2D eigenvalue weighted by atomic mass is 10.2. The molecule has 26 heavy (non-hydrogen) atoms. The molecule has 1 atom stereocenters. The van der Waals surface area contributed by atoms with E-state index >= 15 is 0 Å². The number of rotatable bonds is 7. The molecule has 0 bridgehead atoms. The Morgan fingerprint density at radius 2 is 1.65 bits per heavy atom. The summed E-state index contributed by atoms with van der Waals surface area (Å²) in [4.78, 5) is 12.5. The molecule has 1 unspecified atom stereocenters. The second-order valence-electron chi connectivity index (χ2n) is 5.80. The van der Waals surface area contributed by atoms with Crippen molar-refractivity contribution in [3.63, 3.8) is 0 Å². The zero-order chi connectivity index (χ0) is 19.3. The van der Waals surface area contributed by atoms with E-state index < -0.39 is 21.7 Å². The lowest BCUT2D eigenvalue weighted by Crippen LogP contribution is -2.27. The average Bonchev–Trinajstić information content (AvgIpc) is 2.63. The van der Waals surface area contributed by atoms with E-state index in [2.05, 4.69) is 5.32 Å². The first-order valence-electron chi connectivity index (χ1n) is 7.88. The van der Waals surface area contributed by atoms with Gasteiger partial charge in [0, 0.05) is 12.0 Å². The van der Waals surface area contributed by atoms with Crippen LogP contribution in [0, 0.1) is 5.92 Å². The number of methoxy groups -OCH3 is 2. The third-order valence-electron chi connectivity index (χ3n) is 3.85. The molecule has 7 nitrogen and oxygen atoms in total. The molecular weight excluding hydrogens is 356 g/mol. The maximum Gasteiger partial charge on any atom is 0.228 e. The summed E-state index contributed by atoms with van der Waals surface area (Å²) < 4.78 is 35.1. The van der Waals surface area contributed by atoms with Crippen LogP contribution in [-0.4, -0.2) is 34.3 Å². The summed E-state index contributed by atoms with van der Waals surface area (Å²) in [5.74, 6) is -0.444. The SMILES string of the molecule is COc1ccc(S(=O)(=O)CC(C)C(=O)Nc2cc(OC)ccc2N)cc1. The number of hydrogen-bond acceptors (Lipinski definition) is 6. The molecule has 0 fully saturated rings. The number of carbonyl (C=O) groups excluding carboxylic acids is 1. The number of nitrogens with two attached hydrogens (primary N) is 1.